The molecule has 0 bridgehead atoms. The molecule has 2 N–H and O–H groups in total. The summed E-state index contributed by atoms with van der Waals surface area (Å²) < 4.78 is 5.44. The lowest BCUT2D eigenvalue weighted by atomic mass is 9.98. The van der Waals surface area contributed by atoms with Gasteiger partial charge in [-0.25, -0.2) is 4.79 Å². The molecule has 0 saturated carbocycles. The lowest BCUT2D eigenvalue weighted by Gasteiger charge is -2.24. The molecule has 0 radical (unpaired) electrons. The first-order valence-electron chi connectivity index (χ1n) is 8.52. The third-order valence-electron chi connectivity index (χ3n) is 3.99. The van der Waals surface area contributed by atoms with Gasteiger partial charge in [0.2, 0.25) is 0 Å². The Kier molecular flexibility index (Phi) is 4.79. The summed E-state index contributed by atoms with van der Waals surface area (Å²) in [5.74, 6) is 0. The van der Waals surface area contributed by atoms with Crippen LogP contribution in [0.4, 0.5) is 4.79 Å². The molecule has 1 amide bonds. The molecule has 130 valence electrons. The highest BCUT2D eigenvalue weighted by atomic mass is 16.6. The number of aromatic amines is 1. The molecule has 0 aliphatic rings. The van der Waals surface area contributed by atoms with Crippen LogP contribution in [0.3, 0.4) is 0 Å². The van der Waals surface area contributed by atoms with E-state index in [1.54, 1.807) is 0 Å². The number of hydrogen-bond acceptors (Lipinski definition) is 2. The average Bonchev–Trinajstić information content (AvgIpc) is 2.97. The summed E-state index contributed by atoms with van der Waals surface area (Å²) in [4.78, 5) is 15.6. The Bertz CT molecular complexity index is 847. The second kappa shape index (κ2) is 7.01. The minimum absolute atomic E-state index is 0.157. The van der Waals surface area contributed by atoms with Gasteiger partial charge in [-0.15, -0.1) is 0 Å². The van der Waals surface area contributed by atoms with E-state index in [-0.39, 0.29) is 6.04 Å². The number of ether oxygens (including phenoxy) is 1. The van der Waals surface area contributed by atoms with E-state index in [0.717, 1.165) is 11.1 Å². The molecule has 25 heavy (non-hydrogen) atoms. The molecule has 0 spiro atoms. The molecule has 0 aliphatic carbocycles. The minimum Gasteiger partial charge on any atom is -0.444 e. The van der Waals surface area contributed by atoms with Crippen LogP contribution in [-0.2, 0) is 11.2 Å². The molecule has 3 aromatic rings. The molecule has 2 aromatic carbocycles. The van der Waals surface area contributed by atoms with E-state index in [1.165, 1.54) is 10.9 Å². The van der Waals surface area contributed by atoms with Crippen LogP contribution in [0.5, 0.6) is 0 Å². The van der Waals surface area contributed by atoms with Crippen molar-refractivity contribution in [3.05, 3.63) is 71.9 Å². The van der Waals surface area contributed by atoms with E-state index in [2.05, 4.69) is 22.4 Å². The van der Waals surface area contributed by atoms with E-state index in [0.29, 0.717) is 6.42 Å². The van der Waals surface area contributed by atoms with E-state index >= 15 is 0 Å². The number of benzene rings is 2. The number of H-pyrrole nitrogens is 1. The van der Waals surface area contributed by atoms with Crippen molar-refractivity contribution in [3.8, 4) is 0 Å². The zero-order chi connectivity index (χ0) is 17.9. The highest BCUT2D eigenvalue weighted by Gasteiger charge is 2.21. The summed E-state index contributed by atoms with van der Waals surface area (Å²) in [7, 11) is 0. The Morgan fingerprint density at radius 2 is 1.76 bits per heavy atom. The largest absolute Gasteiger partial charge is 0.444 e. The Balaban J connectivity index is 1.85. The van der Waals surface area contributed by atoms with Crippen molar-refractivity contribution >= 4 is 17.0 Å². The lowest BCUT2D eigenvalue weighted by Crippen LogP contribution is -2.35. The van der Waals surface area contributed by atoms with Crippen LogP contribution in [-0.4, -0.2) is 16.7 Å². The Morgan fingerprint density at radius 3 is 2.48 bits per heavy atom. The Labute approximate surface area is 148 Å². The van der Waals surface area contributed by atoms with Crippen molar-refractivity contribution in [2.45, 2.75) is 38.8 Å². The second-order valence-corrected chi connectivity index (χ2v) is 7.17. The molecular weight excluding hydrogens is 312 g/mol. The van der Waals surface area contributed by atoms with Gasteiger partial charge in [-0.05, 0) is 44.4 Å². The zero-order valence-corrected chi connectivity index (χ0v) is 14.9. The van der Waals surface area contributed by atoms with E-state index in [4.69, 9.17) is 4.74 Å². The maximum absolute atomic E-state index is 12.3. The number of amides is 1. The molecule has 1 heterocycles. The molecule has 0 unspecified atom stereocenters. The van der Waals surface area contributed by atoms with Crippen LogP contribution >= 0.6 is 0 Å². The summed E-state index contributed by atoms with van der Waals surface area (Å²) in [6, 6.07) is 18.0. The van der Waals surface area contributed by atoms with Crippen LogP contribution < -0.4 is 5.32 Å². The van der Waals surface area contributed by atoms with Gasteiger partial charge in [0.15, 0.2) is 0 Å². The first kappa shape index (κ1) is 17.1. The molecular formula is C21H24N2O2. The number of fused-ring (bicyclic) bond motifs is 1. The number of aromatic nitrogens is 1. The maximum atomic E-state index is 12.3. The molecule has 0 aliphatic heterocycles. The SMILES string of the molecule is CC(C)(C)OC(=O)N[C@@H](Cc1c[nH]c2ccccc12)c1ccccc1. The topological polar surface area (TPSA) is 54.1 Å². The van der Waals surface area contributed by atoms with Gasteiger partial charge in [0.05, 0.1) is 6.04 Å². The summed E-state index contributed by atoms with van der Waals surface area (Å²) in [6.45, 7) is 5.59. The zero-order valence-electron chi connectivity index (χ0n) is 14.9. The molecule has 1 aromatic heterocycles. The third-order valence-corrected chi connectivity index (χ3v) is 3.99. The van der Waals surface area contributed by atoms with Crippen LogP contribution in [0.2, 0.25) is 0 Å². The molecule has 4 heteroatoms. The molecule has 0 saturated heterocycles. The number of para-hydroxylation sites is 1. The first-order valence-corrected chi connectivity index (χ1v) is 8.52. The molecule has 0 fully saturated rings. The van der Waals surface area contributed by atoms with Gasteiger partial charge in [0, 0.05) is 17.1 Å². The summed E-state index contributed by atoms with van der Waals surface area (Å²) in [6.07, 6.45) is 2.30. The van der Waals surface area contributed by atoms with E-state index in [9.17, 15) is 4.79 Å². The number of nitrogens with one attached hydrogen (secondary N) is 2. The predicted octanol–water partition coefficient (Wildman–Crippen LogP) is 4.98. The van der Waals surface area contributed by atoms with Gasteiger partial charge in [0.1, 0.15) is 5.60 Å². The number of alkyl carbamates (subject to hydrolysis) is 1. The van der Waals surface area contributed by atoms with Gasteiger partial charge in [-0.2, -0.15) is 0 Å². The Hall–Kier alpha value is -2.75. The summed E-state index contributed by atoms with van der Waals surface area (Å²) >= 11 is 0. The smallest absolute Gasteiger partial charge is 0.408 e. The van der Waals surface area contributed by atoms with Crippen LogP contribution in [0, 0.1) is 0 Å². The van der Waals surface area contributed by atoms with Crippen molar-refractivity contribution in [3.63, 3.8) is 0 Å². The number of carbonyl (C=O) groups excluding carboxylic acids is 1. The molecule has 1 atom stereocenters. The van der Waals surface area contributed by atoms with Crippen molar-refractivity contribution in [2.24, 2.45) is 0 Å². The standard InChI is InChI=1S/C21H24N2O2/c1-21(2,3)25-20(24)23-19(15-9-5-4-6-10-15)13-16-14-22-18-12-8-7-11-17(16)18/h4-12,14,19,22H,13H2,1-3H3,(H,23,24)/t19-/m0/s1. The fraction of sp³-hybridized carbons (Fsp3) is 0.286. The lowest BCUT2D eigenvalue weighted by molar-refractivity contribution is 0.0503. The monoisotopic (exact) mass is 336 g/mol. The van der Waals surface area contributed by atoms with Crippen LogP contribution in [0.25, 0.3) is 10.9 Å². The average molecular weight is 336 g/mol. The number of rotatable bonds is 4. The second-order valence-electron chi connectivity index (χ2n) is 7.17. The van der Waals surface area contributed by atoms with Crippen LogP contribution in [0.1, 0.15) is 37.9 Å². The summed E-state index contributed by atoms with van der Waals surface area (Å²) in [5, 5.41) is 4.19. The normalized spacial score (nSPS) is 12.8. The number of carbonyl (C=O) groups is 1. The molecule has 4 nitrogen and oxygen atoms in total. The number of hydrogen-bond donors (Lipinski definition) is 2. The highest BCUT2D eigenvalue weighted by Crippen LogP contribution is 2.25. The molecule has 3 rings (SSSR count). The Morgan fingerprint density at radius 1 is 1.08 bits per heavy atom. The summed E-state index contributed by atoms with van der Waals surface area (Å²) in [5.41, 5.74) is 2.80. The van der Waals surface area contributed by atoms with E-state index in [1.807, 2.05) is 69.4 Å². The van der Waals surface area contributed by atoms with Crippen molar-refractivity contribution in [1.82, 2.24) is 10.3 Å². The third kappa shape index (κ3) is 4.41. The highest BCUT2D eigenvalue weighted by molar-refractivity contribution is 5.83. The fourth-order valence-electron chi connectivity index (χ4n) is 2.91. The predicted molar refractivity (Wildman–Crippen MR) is 101 cm³/mol. The van der Waals surface area contributed by atoms with Gasteiger partial charge in [-0.1, -0.05) is 48.5 Å². The minimum atomic E-state index is -0.522. The van der Waals surface area contributed by atoms with E-state index < -0.39 is 11.7 Å². The van der Waals surface area contributed by atoms with Crippen molar-refractivity contribution < 1.29 is 9.53 Å². The van der Waals surface area contributed by atoms with Gasteiger partial charge >= 0.3 is 6.09 Å². The van der Waals surface area contributed by atoms with Gasteiger partial charge < -0.3 is 15.0 Å². The maximum Gasteiger partial charge on any atom is 0.408 e. The van der Waals surface area contributed by atoms with Crippen molar-refractivity contribution in [1.29, 1.82) is 0 Å². The quantitative estimate of drug-likeness (QED) is 0.706. The van der Waals surface area contributed by atoms with Crippen molar-refractivity contribution in [2.75, 3.05) is 0 Å². The van der Waals surface area contributed by atoms with Gasteiger partial charge in [0.25, 0.3) is 0 Å². The fourth-order valence-corrected chi connectivity index (χ4v) is 2.91. The first-order chi connectivity index (χ1) is 11.9. The van der Waals surface area contributed by atoms with Crippen LogP contribution in [0.15, 0.2) is 60.8 Å². The van der Waals surface area contributed by atoms with Gasteiger partial charge in [-0.3, -0.25) is 0 Å².